The van der Waals surface area contributed by atoms with Crippen molar-refractivity contribution in [1.29, 1.82) is 0 Å². The molecule has 7 amide bonds. The van der Waals surface area contributed by atoms with Crippen LogP contribution in [0.4, 0.5) is 0 Å². The molecule has 24 heteroatoms. The molecule has 0 aliphatic rings. The van der Waals surface area contributed by atoms with Gasteiger partial charge in [-0.1, -0.05) is 40.5 Å². The van der Waals surface area contributed by atoms with Crippen LogP contribution >= 0.6 is 0 Å². The van der Waals surface area contributed by atoms with Crippen molar-refractivity contribution in [2.75, 3.05) is 13.1 Å². The van der Waals surface area contributed by atoms with Gasteiger partial charge in [-0.3, -0.25) is 43.3 Å². The van der Waals surface area contributed by atoms with E-state index in [0.29, 0.717) is 12.8 Å². The molecule has 0 spiro atoms. The normalized spacial score (nSPS) is 16.6. The van der Waals surface area contributed by atoms with Crippen LogP contribution in [0.3, 0.4) is 0 Å². The smallest absolute Gasteiger partial charge is 0.326 e. The number of nitrogens with two attached hydrogens (primary N) is 3. The molecule has 336 valence electrons. The summed E-state index contributed by atoms with van der Waals surface area (Å²) in [7, 11) is 0. The van der Waals surface area contributed by atoms with Gasteiger partial charge in [-0.05, 0) is 45.4 Å². The highest BCUT2D eigenvalue weighted by Crippen LogP contribution is 2.10. The van der Waals surface area contributed by atoms with Crippen molar-refractivity contribution in [2.24, 2.45) is 34.0 Å². The van der Waals surface area contributed by atoms with Gasteiger partial charge in [-0.25, -0.2) is 4.79 Å². The lowest BCUT2D eigenvalue weighted by Crippen LogP contribution is -2.61. The van der Waals surface area contributed by atoms with Crippen LogP contribution in [0, 0.1) is 11.8 Å². The van der Waals surface area contributed by atoms with Gasteiger partial charge in [0, 0.05) is 6.54 Å². The van der Waals surface area contributed by atoms with Crippen molar-refractivity contribution < 1.29 is 63.6 Å². The number of aliphatic hydroxyl groups is 2. The minimum absolute atomic E-state index is 0.0663. The number of rotatable bonds is 27. The number of carboxylic acid groups (broad SMARTS) is 2. The fourth-order valence-corrected chi connectivity index (χ4v) is 5.10. The molecule has 0 aliphatic heterocycles. The Kier molecular flexibility index (Phi) is 23.9. The van der Waals surface area contributed by atoms with Crippen molar-refractivity contribution in [3.63, 3.8) is 0 Å². The number of hydrogen-bond donors (Lipinski definition) is 14. The van der Waals surface area contributed by atoms with E-state index in [4.69, 9.17) is 17.2 Å². The Labute approximate surface area is 342 Å². The van der Waals surface area contributed by atoms with E-state index in [1.807, 2.05) is 0 Å². The van der Waals surface area contributed by atoms with E-state index in [1.165, 1.54) is 6.92 Å². The average Bonchev–Trinajstić information content (AvgIpc) is 3.15. The molecule has 0 bridgehead atoms. The molecule has 0 saturated carbocycles. The third-order valence-electron chi connectivity index (χ3n) is 9.24. The summed E-state index contributed by atoms with van der Waals surface area (Å²) >= 11 is 0. The van der Waals surface area contributed by atoms with Crippen LogP contribution in [-0.4, -0.2) is 147 Å². The summed E-state index contributed by atoms with van der Waals surface area (Å²) in [4.78, 5) is 118. The van der Waals surface area contributed by atoms with Gasteiger partial charge in [-0.2, -0.15) is 0 Å². The Bertz CT molecular complexity index is 1510. The number of guanidine groups is 1. The third kappa shape index (κ3) is 19.6. The zero-order chi connectivity index (χ0) is 45.7. The number of hydrogen-bond acceptors (Lipinski definition) is 13. The van der Waals surface area contributed by atoms with Gasteiger partial charge in [-0.15, -0.1) is 0 Å². The molecule has 0 saturated heterocycles. The summed E-state index contributed by atoms with van der Waals surface area (Å²) in [6.45, 7) is 9.63. The maximum absolute atomic E-state index is 13.2. The van der Waals surface area contributed by atoms with Gasteiger partial charge in [0.15, 0.2) is 5.96 Å². The van der Waals surface area contributed by atoms with E-state index >= 15 is 0 Å². The fraction of sp³-hybridized carbons (Fsp3) is 0.714. The molecule has 24 nitrogen and oxygen atoms in total. The Balaban J connectivity index is 5.67. The van der Waals surface area contributed by atoms with Crippen molar-refractivity contribution in [2.45, 2.75) is 135 Å². The number of aliphatic hydroxyl groups excluding tert-OH is 2. The maximum Gasteiger partial charge on any atom is 0.326 e. The largest absolute Gasteiger partial charge is 0.481 e. The summed E-state index contributed by atoms with van der Waals surface area (Å²) in [5, 5.41) is 55.4. The Morgan fingerprint density at radius 3 is 1.61 bits per heavy atom. The van der Waals surface area contributed by atoms with Crippen LogP contribution in [0.15, 0.2) is 4.99 Å². The zero-order valence-electron chi connectivity index (χ0n) is 34.4. The molecule has 59 heavy (non-hydrogen) atoms. The van der Waals surface area contributed by atoms with Crippen LogP contribution in [0.25, 0.3) is 0 Å². The first-order valence-corrected chi connectivity index (χ1v) is 19.1. The first-order valence-electron chi connectivity index (χ1n) is 19.1. The number of carbonyl (C=O) groups is 9. The predicted molar refractivity (Wildman–Crippen MR) is 210 cm³/mol. The topological polar surface area (TPSA) is 409 Å². The molecule has 0 aromatic carbocycles. The first kappa shape index (κ1) is 53.4. The summed E-state index contributed by atoms with van der Waals surface area (Å²) < 4.78 is 0. The van der Waals surface area contributed by atoms with Crippen LogP contribution in [-0.2, 0) is 43.2 Å². The van der Waals surface area contributed by atoms with Crippen LogP contribution in [0.5, 0.6) is 0 Å². The van der Waals surface area contributed by atoms with Gasteiger partial charge in [0.05, 0.1) is 31.2 Å². The molecule has 0 aromatic rings. The lowest BCUT2D eigenvalue weighted by atomic mass is 9.98. The second-order valence-electron chi connectivity index (χ2n) is 14.3. The fourth-order valence-electron chi connectivity index (χ4n) is 5.10. The standard InChI is InChI=1S/C35H63N11O13/c1-8-15(3)24(36)30(54)43-21(13-23(50)51)29(53)41-17(5)28(52)45-25(16(4)9-2)31(55)40-14-22(49)44-26(18(6)47)33(57)46-27(19(7)48)32(56)42-20(34(58)59)11-10-12-39-35(37)38/h15-21,24-27,47-48H,8-14,36H2,1-7H3,(H,40,55)(H,41,53)(H,42,56)(H,43,54)(H,44,49)(H,45,52)(H,46,57)(H,50,51)(H,58,59)(H4,37,38,39)/t15-,16-,17-,18+,19+,20-,21-,24-,25-,26-,27-/m0/s1. The van der Waals surface area contributed by atoms with E-state index in [0.717, 1.165) is 13.8 Å². The summed E-state index contributed by atoms with van der Waals surface area (Å²) in [6.07, 6.45) is -3.05. The number of nitrogens with zero attached hydrogens (tertiary/aromatic N) is 1. The Hall–Kier alpha value is -5.62. The number of carboxylic acids is 2. The van der Waals surface area contributed by atoms with Crippen molar-refractivity contribution >= 4 is 59.2 Å². The first-order chi connectivity index (χ1) is 27.4. The highest BCUT2D eigenvalue weighted by atomic mass is 16.4. The Morgan fingerprint density at radius 2 is 1.12 bits per heavy atom. The zero-order valence-corrected chi connectivity index (χ0v) is 34.4. The maximum atomic E-state index is 13.2. The molecular weight excluding hydrogens is 782 g/mol. The van der Waals surface area contributed by atoms with Gasteiger partial charge in [0.25, 0.3) is 0 Å². The molecule has 0 rings (SSSR count). The van der Waals surface area contributed by atoms with Crippen LogP contribution < -0.4 is 54.4 Å². The van der Waals surface area contributed by atoms with Crippen LogP contribution in [0.2, 0.25) is 0 Å². The number of amides is 7. The van der Waals surface area contributed by atoms with E-state index < -0.39 is 127 Å². The minimum Gasteiger partial charge on any atom is -0.481 e. The highest BCUT2D eigenvalue weighted by Gasteiger charge is 2.35. The second-order valence-corrected chi connectivity index (χ2v) is 14.3. The number of aliphatic carboxylic acids is 2. The van der Waals surface area contributed by atoms with Gasteiger partial charge >= 0.3 is 11.9 Å². The van der Waals surface area contributed by atoms with Crippen molar-refractivity contribution in [3.05, 3.63) is 0 Å². The number of nitrogens with one attached hydrogen (secondary N) is 7. The molecule has 11 atom stereocenters. The minimum atomic E-state index is -1.74. The number of aliphatic imine (C=N–C) groups is 1. The third-order valence-corrected chi connectivity index (χ3v) is 9.24. The van der Waals surface area contributed by atoms with E-state index in [2.05, 4.69) is 42.2 Å². The lowest BCUT2D eigenvalue weighted by Gasteiger charge is -2.27. The van der Waals surface area contributed by atoms with Gasteiger partial charge in [0.1, 0.15) is 36.3 Å². The monoisotopic (exact) mass is 845 g/mol. The highest BCUT2D eigenvalue weighted by molar-refractivity contribution is 5.97. The SMILES string of the molecule is CC[C@H](C)[C@H](N)C(=O)N[C@@H](CC(=O)O)C(=O)N[C@@H](C)C(=O)N[C@H](C(=O)NCC(=O)N[C@H](C(=O)N[C@H](C(=O)N[C@@H](CCCN=C(N)N)C(=O)O)[C@@H](C)O)[C@@H](C)O)[C@@H](C)CC. The van der Waals surface area contributed by atoms with E-state index in [1.54, 1.807) is 27.7 Å². The van der Waals surface area contributed by atoms with Crippen molar-refractivity contribution in [1.82, 2.24) is 37.2 Å². The molecule has 0 fully saturated rings. The van der Waals surface area contributed by atoms with Gasteiger partial charge < -0.3 is 74.8 Å². The summed E-state index contributed by atoms with van der Waals surface area (Å²) in [5.74, 6) is -10.6. The summed E-state index contributed by atoms with van der Waals surface area (Å²) in [5.41, 5.74) is 16.4. The average molecular weight is 846 g/mol. The Morgan fingerprint density at radius 1 is 0.610 bits per heavy atom. The quantitative estimate of drug-likeness (QED) is 0.0209. The molecule has 0 aromatic heterocycles. The molecule has 0 radical (unpaired) electrons. The second kappa shape index (κ2) is 26.4. The van der Waals surface area contributed by atoms with E-state index in [9.17, 15) is 63.6 Å². The summed E-state index contributed by atoms with van der Waals surface area (Å²) in [6, 6.07) is -10.1. The van der Waals surface area contributed by atoms with Crippen LogP contribution in [0.1, 0.15) is 80.6 Å². The molecular formula is C35H63N11O13. The molecule has 0 heterocycles. The number of carbonyl (C=O) groups excluding carboxylic acids is 7. The molecule has 0 aliphatic carbocycles. The lowest BCUT2D eigenvalue weighted by molar-refractivity contribution is -0.143. The predicted octanol–water partition coefficient (Wildman–Crippen LogP) is -5.17. The van der Waals surface area contributed by atoms with E-state index in [-0.39, 0.29) is 31.3 Å². The van der Waals surface area contributed by atoms with Crippen molar-refractivity contribution in [3.8, 4) is 0 Å². The molecule has 0 unspecified atom stereocenters. The molecule has 17 N–H and O–H groups in total. The van der Waals surface area contributed by atoms with Gasteiger partial charge in [0.2, 0.25) is 41.4 Å².